The zero-order chi connectivity index (χ0) is 11.8. The number of hydrogen-bond acceptors (Lipinski definition) is 1. The Morgan fingerprint density at radius 1 is 1.20 bits per heavy atom. The molecule has 0 amide bonds. The van der Waals surface area contributed by atoms with E-state index in [9.17, 15) is 4.79 Å². The van der Waals surface area contributed by atoms with Crippen molar-refractivity contribution in [1.29, 1.82) is 0 Å². The third-order valence-electron chi connectivity index (χ3n) is 2.89. The van der Waals surface area contributed by atoms with E-state index in [-0.39, 0.29) is 5.92 Å². The van der Waals surface area contributed by atoms with Gasteiger partial charge in [0.25, 0.3) is 0 Å². The molecule has 0 fully saturated rings. The second kappa shape index (κ2) is 7.67. The summed E-state index contributed by atoms with van der Waals surface area (Å²) < 4.78 is 0. The van der Waals surface area contributed by atoms with Gasteiger partial charge in [0.05, 0.1) is 0 Å². The topological polar surface area (TPSA) is 17.1 Å². The molecule has 0 bridgehead atoms. The molecule has 0 aliphatic heterocycles. The van der Waals surface area contributed by atoms with Gasteiger partial charge in [-0.2, -0.15) is 0 Å². The van der Waals surface area contributed by atoms with Crippen LogP contribution in [0.2, 0.25) is 0 Å². The first-order valence-corrected chi connectivity index (χ1v) is 6.12. The molecule has 0 N–H and O–H groups in total. The standard InChI is InChI=1S/C14H26O/c1-6-11(2)7-12(3)8-13(4)9-14(5)10-15/h7,10-11,13-14H,6,8-9H2,1-5H3/b12-7+/t11-,13-,14-/m1/s1. The van der Waals surface area contributed by atoms with Crippen molar-refractivity contribution < 1.29 is 4.79 Å². The van der Waals surface area contributed by atoms with E-state index >= 15 is 0 Å². The molecule has 0 spiro atoms. The van der Waals surface area contributed by atoms with E-state index in [1.807, 2.05) is 6.92 Å². The predicted octanol–water partition coefficient (Wildman–Crippen LogP) is 4.23. The van der Waals surface area contributed by atoms with Gasteiger partial charge < -0.3 is 4.79 Å². The van der Waals surface area contributed by atoms with E-state index < -0.39 is 0 Å². The maximum Gasteiger partial charge on any atom is 0.122 e. The second-order valence-corrected chi connectivity index (χ2v) is 5.06. The Morgan fingerprint density at radius 3 is 2.27 bits per heavy atom. The summed E-state index contributed by atoms with van der Waals surface area (Å²) in [6.45, 7) is 10.9. The molecule has 0 aromatic heterocycles. The van der Waals surface area contributed by atoms with Gasteiger partial charge in [-0.15, -0.1) is 0 Å². The summed E-state index contributed by atoms with van der Waals surface area (Å²) >= 11 is 0. The molecule has 0 aliphatic carbocycles. The average Bonchev–Trinajstić information content (AvgIpc) is 2.16. The number of carbonyl (C=O) groups excluding carboxylic acids is 1. The lowest BCUT2D eigenvalue weighted by Gasteiger charge is -2.14. The summed E-state index contributed by atoms with van der Waals surface area (Å²) in [6, 6.07) is 0. The van der Waals surface area contributed by atoms with Crippen molar-refractivity contribution in [3.05, 3.63) is 11.6 Å². The van der Waals surface area contributed by atoms with Crippen molar-refractivity contribution in [1.82, 2.24) is 0 Å². The Morgan fingerprint density at radius 2 is 1.80 bits per heavy atom. The minimum Gasteiger partial charge on any atom is -0.303 e. The first-order chi connectivity index (χ1) is 6.99. The Bertz CT molecular complexity index is 205. The normalized spacial score (nSPS) is 18.3. The smallest absolute Gasteiger partial charge is 0.122 e. The van der Waals surface area contributed by atoms with E-state index in [1.165, 1.54) is 12.0 Å². The van der Waals surface area contributed by atoms with Crippen molar-refractivity contribution in [2.45, 2.75) is 53.9 Å². The molecule has 0 aromatic rings. The van der Waals surface area contributed by atoms with Crippen LogP contribution >= 0.6 is 0 Å². The van der Waals surface area contributed by atoms with Crippen LogP contribution in [0.5, 0.6) is 0 Å². The van der Waals surface area contributed by atoms with Gasteiger partial charge in [-0.25, -0.2) is 0 Å². The van der Waals surface area contributed by atoms with E-state index in [0.29, 0.717) is 11.8 Å². The Balaban J connectivity index is 4.00. The van der Waals surface area contributed by atoms with E-state index in [4.69, 9.17) is 0 Å². The highest BCUT2D eigenvalue weighted by atomic mass is 16.1. The van der Waals surface area contributed by atoms with Crippen LogP contribution in [0.25, 0.3) is 0 Å². The molecule has 15 heavy (non-hydrogen) atoms. The first-order valence-electron chi connectivity index (χ1n) is 6.12. The maximum absolute atomic E-state index is 10.5. The van der Waals surface area contributed by atoms with Gasteiger partial charge in [0.1, 0.15) is 6.29 Å². The fourth-order valence-electron chi connectivity index (χ4n) is 1.99. The SMILES string of the molecule is CC[C@@H](C)/C=C(\C)C[C@@H](C)C[C@@H](C)C=O. The minimum atomic E-state index is 0.205. The van der Waals surface area contributed by atoms with Crippen molar-refractivity contribution >= 4 is 6.29 Å². The summed E-state index contributed by atoms with van der Waals surface area (Å²) in [5.41, 5.74) is 1.47. The van der Waals surface area contributed by atoms with Crippen LogP contribution in [0, 0.1) is 17.8 Å². The van der Waals surface area contributed by atoms with Crippen LogP contribution in [0.15, 0.2) is 11.6 Å². The molecule has 0 aromatic carbocycles. The molecular formula is C14H26O. The van der Waals surface area contributed by atoms with Gasteiger partial charge in [-0.05, 0) is 31.6 Å². The van der Waals surface area contributed by atoms with Gasteiger partial charge in [0.15, 0.2) is 0 Å². The molecule has 0 unspecified atom stereocenters. The largest absolute Gasteiger partial charge is 0.303 e. The third-order valence-corrected chi connectivity index (χ3v) is 2.89. The first kappa shape index (κ1) is 14.4. The Hall–Kier alpha value is -0.590. The monoisotopic (exact) mass is 210 g/mol. The minimum absolute atomic E-state index is 0.205. The summed E-state index contributed by atoms with van der Waals surface area (Å²) in [7, 11) is 0. The molecule has 88 valence electrons. The van der Waals surface area contributed by atoms with Crippen molar-refractivity contribution in [2.24, 2.45) is 17.8 Å². The molecule has 0 saturated carbocycles. The molecule has 0 aliphatic rings. The Kier molecular flexibility index (Phi) is 7.37. The fourth-order valence-corrected chi connectivity index (χ4v) is 1.99. The maximum atomic E-state index is 10.5. The van der Waals surface area contributed by atoms with Gasteiger partial charge in [0, 0.05) is 5.92 Å². The van der Waals surface area contributed by atoms with Gasteiger partial charge in [-0.3, -0.25) is 0 Å². The molecule has 0 radical (unpaired) electrons. The third kappa shape index (κ3) is 7.35. The summed E-state index contributed by atoms with van der Waals surface area (Å²) in [5, 5.41) is 0. The van der Waals surface area contributed by atoms with Crippen LogP contribution < -0.4 is 0 Å². The number of aldehydes is 1. The lowest BCUT2D eigenvalue weighted by molar-refractivity contribution is -0.111. The predicted molar refractivity (Wildman–Crippen MR) is 66.8 cm³/mol. The molecule has 0 heterocycles. The number of allylic oxidation sites excluding steroid dienone is 2. The molecule has 0 saturated heterocycles. The van der Waals surface area contributed by atoms with Crippen LogP contribution in [0.3, 0.4) is 0 Å². The summed E-state index contributed by atoms with van der Waals surface area (Å²) in [4.78, 5) is 10.5. The highest BCUT2D eigenvalue weighted by Crippen LogP contribution is 2.20. The van der Waals surface area contributed by atoms with Crippen LogP contribution in [0.1, 0.15) is 53.9 Å². The molecule has 3 atom stereocenters. The van der Waals surface area contributed by atoms with E-state index in [0.717, 1.165) is 19.1 Å². The molecule has 1 heteroatoms. The van der Waals surface area contributed by atoms with Crippen LogP contribution in [-0.2, 0) is 4.79 Å². The van der Waals surface area contributed by atoms with Crippen LogP contribution in [0.4, 0.5) is 0 Å². The van der Waals surface area contributed by atoms with Crippen molar-refractivity contribution in [2.75, 3.05) is 0 Å². The molecular weight excluding hydrogens is 184 g/mol. The number of carbonyl (C=O) groups is 1. The van der Waals surface area contributed by atoms with Gasteiger partial charge in [-0.1, -0.05) is 45.8 Å². The number of hydrogen-bond donors (Lipinski definition) is 0. The van der Waals surface area contributed by atoms with Crippen molar-refractivity contribution in [3.8, 4) is 0 Å². The van der Waals surface area contributed by atoms with Gasteiger partial charge in [0.2, 0.25) is 0 Å². The fraction of sp³-hybridized carbons (Fsp3) is 0.786. The quantitative estimate of drug-likeness (QED) is 0.454. The summed E-state index contributed by atoms with van der Waals surface area (Å²) in [6.07, 6.45) is 6.76. The van der Waals surface area contributed by atoms with Crippen LogP contribution in [-0.4, -0.2) is 6.29 Å². The Labute approximate surface area is 95.0 Å². The lowest BCUT2D eigenvalue weighted by Crippen LogP contribution is -2.05. The highest BCUT2D eigenvalue weighted by molar-refractivity contribution is 5.52. The zero-order valence-corrected chi connectivity index (χ0v) is 10.9. The highest BCUT2D eigenvalue weighted by Gasteiger charge is 2.08. The number of rotatable bonds is 7. The molecule has 0 rings (SSSR count). The lowest BCUT2D eigenvalue weighted by atomic mass is 9.91. The summed E-state index contributed by atoms with van der Waals surface area (Å²) in [5.74, 6) is 1.50. The average molecular weight is 210 g/mol. The zero-order valence-electron chi connectivity index (χ0n) is 10.9. The molecule has 1 nitrogen and oxygen atoms in total. The van der Waals surface area contributed by atoms with E-state index in [2.05, 4.69) is 33.8 Å². The van der Waals surface area contributed by atoms with Gasteiger partial charge >= 0.3 is 0 Å². The second-order valence-electron chi connectivity index (χ2n) is 5.06. The van der Waals surface area contributed by atoms with Crippen molar-refractivity contribution in [3.63, 3.8) is 0 Å². The van der Waals surface area contributed by atoms with E-state index in [1.54, 1.807) is 0 Å².